The van der Waals surface area contributed by atoms with E-state index in [1.807, 2.05) is 48.5 Å². The maximum atomic E-state index is 12.7. The Hall–Kier alpha value is -2.37. The van der Waals surface area contributed by atoms with E-state index in [1.165, 1.54) is 5.56 Å². The predicted octanol–water partition coefficient (Wildman–Crippen LogP) is 3.16. The van der Waals surface area contributed by atoms with Crippen LogP contribution in [0.1, 0.15) is 40.9 Å². The first kappa shape index (κ1) is 18.0. The highest BCUT2D eigenvalue weighted by Crippen LogP contribution is 2.31. The van der Waals surface area contributed by atoms with Crippen LogP contribution in [0.5, 0.6) is 5.75 Å². The third kappa shape index (κ3) is 4.31. The molecule has 27 heavy (non-hydrogen) atoms. The molecule has 0 radical (unpaired) electrons. The smallest absolute Gasteiger partial charge is 0.251 e. The zero-order valence-electron chi connectivity index (χ0n) is 15.7. The minimum atomic E-state index is -0.0387. The van der Waals surface area contributed by atoms with Crippen molar-refractivity contribution in [1.82, 2.24) is 10.2 Å². The number of hydrogen-bond donors (Lipinski definition) is 1. The molecular weight excluding hydrogens is 340 g/mol. The molecule has 2 aliphatic rings. The van der Waals surface area contributed by atoms with E-state index in [0.29, 0.717) is 12.2 Å². The van der Waals surface area contributed by atoms with E-state index in [2.05, 4.69) is 17.1 Å². The Bertz CT molecular complexity index is 790. The SMILES string of the molecule is C[C@H]1CN(Cc2ccc(C(=O)N[C@@H]3CCOc4ccccc43)cc2)CCO1. The van der Waals surface area contributed by atoms with Gasteiger partial charge < -0.3 is 14.8 Å². The van der Waals surface area contributed by atoms with Gasteiger partial charge in [0.2, 0.25) is 0 Å². The van der Waals surface area contributed by atoms with Crippen LogP contribution < -0.4 is 10.1 Å². The molecule has 5 nitrogen and oxygen atoms in total. The maximum absolute atomic E-state index is 12.7. The molecule has 2 aliphatic heterocycles. The quantitative estimate of drug-likeness (QED) is 0.903. The van der Waals surface area contributed by atoms with E-state index in [-0.39, 0.29) is 18.1 Å². The van der Waals surface area contributed by atoms with E-state index >= 15 is 0 Å². The van der Waals surface area contributed by atoms with E-state index in [4.69, 9.17) is 9.47 Å². The van der Waals surface area contributed by atoms with Crippen molar-refractivity contribution >= 4 is 5.91 Å². The summed E-state index contributed by atoms with van der Waals surface area (Å²) in [5.41, 5.74) is 2.96. The van der Waals surface area contributed by atoms with Gasteiger partial charge in [0.1, 0.15) is 5.75 Å². The molecule has 2 aromatic rings. The van der Waals surface area contributed by atoms with Crippen LogP contribution in [0.2, 0.25) is 0 Å². The van der Waals surface area contributed by atoms with Gasteiger partial charge in [-0.05, 0) is 30.7 Å². The van der Waals surface area contributed by atoms with E-state index in [0.717, 1.165) is 44.0 Å². The van der Waals surface area contributed by atoms with Crippen LogP contribution in [-0.4, -0.2) is 43.2 Å². The fourth-order valence-corrected chi connectivity index (χ4v) is 3.79. The van der Waals surface area contributed by atoms with Gasteiger partial charge in [-0.25, -0.2) is 0 Å². The molecule has 142 valence electrons. The molecule has 5 heteroatoms. The summed E-state index contributed by atoms with van der Waals surface area (Å²) >= 11 is 0. The highest BCUT2D eigenvalue weighted by atomic mass is 16.5. The van der Waals surface area contributed by atoms with Crippen molar-refractivity contribution in [2.24, 2.45) is 0 Å². The van der Waals surface area contributed by atoms with Gasteiger partial charge >= 0.3 is 0 Å². The molecule has 2 heterocycles. The van der Waals surface area contributed by atoms with Crippen molar-refractivity contribution < 1.29 is 14.3 Å². The molecule has 1 N–H and O–H groups in total. The van der Waals surface area contributed by atoms with Crippen molar-refractivity contribution in [3.8, 4) is 5.75 Å². The topological polar surface area (TPSA) is 50.8 Å². The first-order chi connectivity index (χ1) is 13.2. The van der Waals surface area contributed by atoms with Gasteiger partial charge in [-0.15, -0.1) is 0 Å². The number of amides is 1. The summed E-state index contributed by atoms with van der Waals surface area (Å²) in [6, 6.07) is 15.8. The number of para-hydroxylation sites is 1. The number of carbonyl (C=O) groups is 1. The molecule has 1 amide bonds. The largest absolute Gasteiger partial charge is 0.493 e. The summed E-state index contributed by atoms with van der Waals surface area (Å²) < 4.78 is 11.3. The molecule has 0 bridgehead atoms. The van der Waals surface area contributed by atoms with Gasteiger partial charge in [0, 0.05) is 37.2 Å². The van der Waals surface area contributed by atoms with Crippen LogP contribution >= 0.6 is 0 Å². The number of nitrogens with zero attached hydrogens (tertiary/aromatic N) is 1. The third-order valence-electron chi connectivity index (χ3n) is 5.21. The van der Waals surface area contributed by atoms with Crippen molar-refractivity contribution in [2.75, 3.05) is 26.3 Å². The summed E-state index contributed by atoms with van der Waals surface area (Å²) in [5, 5.41) is 3.15. The highest BCUT2D eigenvalue weighted by molar-refractivity contribution is 5.94. The van der Waals surface area contributed by atoms with Crippen LogP contribution in [0.4, 0.5) is 0 Å². The van der Waals surface area contributed by atoms with Crippen molar-refractivity contribution in [3.05, 3.63) is 65.2 Å². The summed E-state index contributed by atoms with van der Waals surface area (Å²) in [5.74, 6) is 0.826. The first-order valence-electron chi connectivity index (χ1n) is 9.64. The Kier molecular flexibility index (Phi) is 5.41. The zero-order valence-corrected chi connectivity index (χ0v) is 15.7. The van der Waals surface area contributed by atoms with Gasteiger partial charge in [0.05, 0.1) is 25.4 Å². The number of carbonyl (C=O) groups excluding carboxylic acids is 1. The van der Waals surface area contributed by atoms with Crippen molar-refractivity contribution in [2.45, 2.75) is 32.0 Å². The third-order valence-corrected chi connectivity index (χ3v) is 5.21. The maximum Gasteiger partial charge on any atom is 0.251 e. The fourth-order valence-electron chi connectivity index (χ4n) is 3.79. The number of ether oxygens (including phenoxy) is 2. The lowest BCUT2D eigenvalue weighted by Crippen LogP contribution is -2.40. The Morgan fingerprint density at radius 2 is 1.96 bits per heavy atom. The average molecular weight is 366 g/mol. The van der Waals surface area contributed by atoms with Crippen molar-refractivity contribution in [3.63, 3.8) is 0 Å². The summed E-state index contributed by atoms with van der Waals surface area (Å²) in [6.45, 7) is 6.31. The van der Waals surface area contributed by atoms with E-state index in [1.54, 1.807) is 0 Å². The molecule has 2 aromatic carbocycles. The van der Waals surface area contributed by atoms with E-state index < -0.39 is 0 Å². The normalized spacial score (nSPS) is 22.6. The molecule has 1 fully saturated rings. The van der Waals surface area contributed by atoms with Gasteiger partial charge in [-0.2, -0.15) is 0 Å². The summed E-state index contributed by atoms with van der Waals surface area (Å²) in [4.78, 5) is 15.1. The zero-order chi connectivity index (χ0) is 18.6. The lowest BCUT2D eigenvalue weighted by molar-refractivity contribution is -0.0212. The lowest BCUT2D eigenvalue weighted by Gasteiger charge is -2.31. The molecule has 0 saturated carbocycles. The van der Waals surface area contributed by atoms with Crippen LogP contribution in [0.25, 0.3) is 0 Å². The average Bonchev–Trinajstić information content (AvgIpc) is 2.69. The number of fused-ring (bicyclic) bond motifs is 1. The van der Waals surface area contributed by atoms with Crippen LogP contribution in [0, 0.1) is 0 Å². The second-order valence-corrected chi connectivity index (χ2v) is 7.31. The number of hydrogen-bond acceptors (Lipinski definition) is 4. The van der Waals surface area contributed by atoms with Gasteiger partial charge in [-0.1, -0.05) is 30.3 Å². The predicted molar refractivity (Wildman–Crippen MR) is 104 cm³/mol. The van der Waals surface area contributed by atoms with Gasteiger partial charge in [0.15, 0.2) is 0 Å². The van der Waals surface area contributed by atoms with Crippen LogP contribution in [-0.2, 0) is 11.3 Å². The molecule has 2 atom stereocenters. The Labute approximate surface area is 160 Å². The second-order valence-electron chi connectivity index (χ2n) is 7.31. The van der Waals surface area contributed by atoms with Crippen LogP contribution in [0.15, 0.2) is 48.5 Å². The van der Waals surface area contributed by atoms with Gasteiger partial charge in [-0.3, -0.25) is 9.69 Å². The molecule has 0 unspecified atom stereocenters. The van der Waals surface area contributed by atoms with Crippen molar-refractivity contribution in [1.29, 1.82) is 0 Å². The minimum absolute atomic E-state index is 0.00281. The molecular formula is C22H26N2O3. The number of morpholine rings is 1. The number of rotatable bonds is 4. The fraction of sp³-hybridized carbons (Fsp3) is 0.409. The highest BCUT2D eigenvalue weighted by Gasteiger charge is 2.23. The second kappa shape index (κ2) is 8.11. The Morgan fingerprint density at radius 1 is 1.15 bits per heavy atom. The van der Waals surface area contributed by atoms with E-state index in [9.17, 15) is 4.79 Å². The Balaban J connectivity index is 1.38. The Morgan fingerprint density at radius 3 is 2.78 bits per heavy atom. The lowest BCUT2D eigenvalue weighted by atomic mass is 10.00. The molecule has 4 rings (SSSR count). The molecule has 1 saturated heterocycles. The monoisotopic (exact) mass is 366 g/mol. The summed E-state index contributed by atoms with van der Waals surface area (Å²) in [7, 11) is 0. The molecule has 0 spiro atoms. The molecule has 0 aromatic heterocycles. The minimum Gasteiger partial charge on any atom is -0.493 e. The number of nitrogens with one attached hydrogen (secondary N) is 1. The molecule has 0 aliphatic carbocycles. The first-order valence-corrected chi connectivity index (χ1v) is 9.64. The van der Waals surface area contributed by atoms with Crippen LogP contribution in [0.3, 0.4) is 0 Å². The number of benzene rings is 2. The standard InChI is InChI=1S/C22H26N2O3/c1-16-14-24(11-13-26-16)15-17-6-8-18(9-7-17)22(25)23-20-10-12-27-21-5-3-2-4-19(20)21/h2-9,16,20H,10-15H2,1H3,(H,23,25)/t16-,20+/m0/s1. The summed E-state index contributed by atoms with van der Waals surface area (Å²) in [6.07, 6.45) is 1.07. The van der Waals surface area contributed by atoms with Gasteiger partial charge in [0.25, 0.3) is 5.91 Å².